The smallest absolute Gasteiger partial charge is 0.305 e. The number of hydrogen-bond acceptors (Lipinski definition) is 4. The number of hydrogen-bond donors (Lipinski definition) is 2. The van der Waals surface area contributed by atoms with E-state index in [0.29, 0.717) is 12.8 Å². The molecule has 0 unspecified atom stereocenters. The SMILES string of the molecule is NC1(c2cc([N+](=O)[O-])c(F)cc2O)CCC1. The van der Waals surface area contributed by atoms with Crippen LogP contribution in [0.5, 0.6) is 5.75 Å². The molecule has 1 aromatic carbocycles. The molecule has 0 saturated heterocycles. The summed E-state index contributed by atoms with van der Waals surface area (Å²) >= 11 is 0. The van der Waals surface area contributed by atoms with Crippen LogP contribution in [0.25, 0.3) is 0 Å². The summed E-state index contributed by atoms with van der Waals surface area (Å²) in [5.41, 5.74) is 4.80. The van der Waals surface area contributed by atoms with E-state index in [1.165, 1.54) is 0 Å². The molecular weight excluding hydrogens is 215 g/mol. The van der Waals surface area contributed by atoms with E-state index in [0.717, 1.165) is 18.6 Å². The summed E-state index contributed by atoms with van der Waals surface area (Å²) in [4.78, 5) is 9.74. The lowest BCUT2D eigenvalue weighted by Gasteiger charge is -2.38. The summed E-state index contributed by atoms with van der Waals surface area (Å²) in [6.45, 7) is 0. The molecule has 3 N–H and O–H groups in total. The van der Waals surface area contributed by atoms with Crippen molar-refractivity contribution in [3.63, 3.8) is 0 Å². The van der Waals surface area contributed by atoms with Crippen LogP contribution >= 0.6 is 0 Å². The summed E-state index contributed by atoms with van der Waals surface area (Å²) in [6.07, 6.45) is 2.19. The van der Waals surface area contributed by atoms with Gasteiger partial charge in [-0.3, -0.25) is 10.1 Å². The second-order valence-corrected chi connectivity index (χ2v) is 4.09. The van der Waals surface area contributed by atoms with Gasteiger partial charge in [0.2, 0.25) is 5.82 Å². The van der Waals surface area contributed by atoms with Crippen LogP contribution in [0.15, 0.2) is 12.1 Å². The number of halogens is 1. The van der Waals surface area contributed by atoms with Crippen molar-refractivity contribution in [2.45, 2.75) is 24.8 Å². The highest BCUT2D eigenvalue weighted by Crippen LogP contribution is 2.44. The minimum absolute atomic E-state index is 0.256. The molecule has 6 heteroatoms. The van der Waals surface area contributed by atoms with Gasteiger partial charge in [0.15, 0.2) is 0 Å². The number of nitrogens with two attached hydrogens (primary N) is 1. The third-order valence-electron chi connectivity index (χ3n) is 3.04. The minimum Gasteiger partial charge on any atom is -0.507 e. The van der Waals surface area contributed by atoms with Crippen LogP contribution in [0.3, 0.4) is 0 Å². The summed E-state index contributed by atoms with van der Waals surface area (Å²) in [7, 11) is 0. The fourth-order valence-electron chi connectivity index (χ4n) is 1.92. The lowest BCUT2D eigenvalue weighted by atomic mass is 9.72. The van der Waals surface area contributed by atoms with E-state index >= 15 is 0 Å². The number of nitrogens with zero attached hydrogens (tertiary/aromatic N) is 1. The molecule has 0 radical (unpaired) electrons. The fraction of sp³-hybridized carbons (Fsp3) is 0.400. The fourth-order valence-corrected chi connectivity index (χ4v) is 1.92. The summed E-state index contributed by atoms with van der Waals surface area (Å²) in [6, 6.07) is 1.78. The van der Waals surface area contributed by atoms with Crippen molar-refractivity contribution in [3.05, 3.63) is 33.6 Å². The predicted octanol–water partition coefficient (Wildman–Crippen LogP) is 1.78. The Bertz CT molecular complexity index is 458. The van der Waals surface area contributed by atoms with Gasteiger partial charge in [0.1, 0.15) is 5.75 Å². The highest BCUT2D eigenvalue weighted by Gasteiger charge is 2.38. The van der Waals surface area contributed by atoms with Gasteiger partial charge in [-0.1, -0.05) is 0 Å². The standard InChI is InChI=1S/C10H11FN2O3/c11-7-5-9(14)6(4-8(7)13(15)16)10(12)2-1-3-10/h4-5,14H,1-3,12H2. The van der Waals surface area contributed by atoms with Gasteiger partial charge in [-0.25, -0.2) is 0 Å². The third-order valence-corrected chi connectivity index (χ3v) is 3.04. The van der Waals surface area contributed by atoms with Crippen LogP contribution < -0.4 is 5.73 Å². The Hall–Kier alpha value is -1.69. The second kappa shape index (κ2) is 3.41. The number of nitro benzene ring substituents is 1. The topological polar surface area (TPSA) is 89.4 Å². The molecule has 1 fully saturated rings. The molecule has 1 aliphatic carbocycles. The maximum absolute atomic E-state index is 13.1. The molecule has 0 aromatic heterocycles. The van der Waals surface area contributed by atoms with Crippen LogP contribution in [0, 0.1) is 15.9 Å². The highest BCUT2D eigenvalue weighted by molar-refractivity contribution is 5.48. The average molecular weight is 226 g/mol. The van der Waals surface area contributed by atoms with Crippen molar-refractivity contribution in [1.29, 1.82) is 0 Å². The summed E-state index contributed by atoms with van der Waals surface area (Å²) in [5.74, 6) is -1.36. The van der Waals surface area contributed by atoms with E-state index in [9.17, 15) is 19.6 Å². The summed E-state index contributed by atoms with van der Waals surface area (Å²) < 4.78 is 13.1. The van der Waals surface area contributed by atoms with Gasteiger partial charge in [0.05, 0.1) is 4.92 Å². The van der Waals surface area contributed by atoms with E-state index < -0.39 is 22.0 Å². The number of phenols is 1. The molecule has 2 rings (SSSR count). The number of phenolic OH excluding ortho intramolecular Hbond substituents is 1. The van der Waals surface area contributed by atoms with Crippen LogP contribution in [0.1, 0.15) is 24.8 Å². The zero-order chi connectivity index (χ0) is 11.9. The monoisotopic (exact) mass is 226 g/mol. The molecule has 1 aliphatic rings. The molecule has 0 amide bonds. The molecule has 86 valence electrons. The first-order valence-electron chi connectivity index (χ1n) is 4.90. The van der Waals surface area contributed by atoms with Crippen LogP contribution in [0.2, 0.25) is 0 Å². The first-order chi connectivity index (χ1) is 7.44. The Morgan fingerprint density at radius 2 is 2.12 bits per heavy atom. The first kappa shape index (κ1) is 10.8. The lowest BCUT2D eigenvalue weighted by molar-refractivity contribution is -0.387. The molecule has 1 aromatic rings. The van der Waals surface area contributed by atoms with E-state index in [4.69, 9.17) is 5.73 Å². The second-order valence-electron chi connectivity index (χ2n) is 4.09. The maximum Gasteiger partial charge on any atom is 0.305 e. The maximum atomic E-state index is 13.1. The predicted molar refractivity (Wildman–Crippen MR) is 54.4 cm³/mol. The lowest BCUT2D eigenvalue weighted by Crippen LogP contribution is -2.43. The zero-order valence-corrected chi connectivity index (χ0v) is 8.44. The average Bonchev–Trinajstić information content (AvgIpc) is 2.13. The summed E-state index contributed by atoms with van der Waals surface area (Å²) in [5, 5.41) is 20.1. The van der Waals surface area contributed by atoms with Gasteiger partial charge in [-0.15, -0.1) is 0 Å². The van der Waals surface area contributed by atoms with Crippen LogP contribution in [-0.2, 0) is 5.54 Å². The van der Waals surface area contributed by atoms with Crippen molar-refractivity contribution < 1.29 is 14.4 Å². The largest absolute Gasteiger partial charge is 0.507 e. The molecule has 0 bridgehead atoms. The number of rotatable bonds is 2. The Morgan fingerprint density at radius 1 is 1.50 bits per heavy atom. The normalized spacial score (nSPS) is 17.9. The van der Waals surface area contributed by atoms with Crippen molar-refractivity contribution in [1.82, 2.24) is 0 Å². The third kappa shape index (κ3) is 1.51. The quantitative estimate of drug-likeness (QED) is 0.594. The zero-order valence-electron chi connectivity index (χ0n) is 8.44. The molecule has 0 heterocycles. The van der Waals surface area contributed by atoms with Crippen molar-refractivity contribution in [2.24, 2.45) is 5.73 Å². The van der Waals surface area contributed by atoms with Crippen LogP contribution in [-0.4, -0.2) is 10.0 Å². The van der Waals surface area contributed by atoms with E-state index in [2.05, 4.69) is 0 Å². The van der Waals surface area contributed by atoms with Gasteiger partial charge < -0.3 is 10.8 Å². The Labute approximate surface area is 90.8 Å². The molecule has 5 nitrogen and oxygen atoms in total. The van der Waals surface area contributed by atoms with Gasteiger partial charge in [0.25, 0.3) is 0 Å². The van der Waals surface area contributed by atoms with E-state index in [-0.39, 0.29) is 11.3 Å². The first-order valence-corrected chi connectivity index (χ1v) is 4.90. The minimum atomic E-state index is -1.05. The van der Waals surface area contributed by atoms with E-state index in [1.807, 2.05) is 0 Å². The van der Waals surface area contributed by atoms with Crippen molar-refractivity contribution in [3.8, 4) is 5.75 Å². The van der Waals surface area contributed by atoms with E-state index in [1.54, 1.807) is 0 Å². The Kier molecular flexibility index (Phi) is 2.31. The van der Waals surface area contributed by atoms with Gasteiger partial charge >= 0.3 is 5.69 Å². The van der Waals surface area contributed by atoms with Gasteiger partial charge in [-0.2, -0.15) is 4.39 Å². The molecule has 0 spiro atoms. The molecule has 16 heavy (non-hydrogen) atoms. The number of benzene rings is 1. The molecule has 1 saturated carbocycles. The van der Waals surface area contributed by atoms with Crippen LogP contribution in [0.4, 0.5) is 10.1 Å². The van der Waals surface area contributed by atoms with Gasteiger partial charge in [-0.05, 0) is 19.3 Å². The molecular formula is C10H11FN2O3. The molecule has 0 atom stereocenters. The number of aromatic hydroxyl groups is 1. The van der Waals surface area contributed by atoms with Crippen molar-refractivity contribution >= 4 is 5.69 Å². The van der Waals surface area contributed by atoms with Crippen molar-refractivity contribution in [2.75, 3.05) is 0 Å². The van der Waals surface area contributed by atoms with Gasteiger partial charge in [0, 0.05) is 23.2 Å². The number of nitro groups is 1. The highest BCUT2D eigenvalue weighted by atomic mass is 19.1. The Morgan fingerprint density at radius 3 is 2.56 bits per heavy atom. The Balaban J connectivity index is 2.53. The molecule has 0 aliphatic heterocycles.